The van der Waals surface area contributed by atoms with Crippen molar-refractivity contribution in [2.24, 2.45) is 15.4 Å². The smallest absolute Gasteiger partial charge is 0.127 e. The van der Waals surface area contributed by atoms with Gasteiger partial charge in [-0.1, -0.05) is 39.6 Å². The molecule has 90 valence electrons. The van der Waals surface area contributed by atoms with E-state index in [2.05, 4.69) is 20.8 Å². The van der Waals surface area contributed by atoms with Crippen LogP contribution in [0.1, 0.15) is 0 Å². The third kappa shape index (κ3) is 3.93. The van der Waals surface area contributed by atoms with Gasteiger partial charge >= 0.3 is 0 Å². The van der Waals surface area contributed by atoms with Crippen LogP contribution in [0, 0.1) is 0 Å². The van der Waals surface area contributed by atoms with E-state index in [0.717, 1.165) is 12.4 Å². The summed E-state index contributed by atoms with van der Waals surface area (Å²) >= 11 is 11.8. The Kier molecular flexibility index (Phi) is 5.25. The molecule has 0 heterocycles. The molecule has 0 radical (unpaired) electrons. The summed E-state index contributed by atoms with van der Waals surface area (Å²) in [5.74, 6) is 0. The average molecular weight is 275 g/mol. The Morgan fingerprint density at radius 2 is 1.65 bits per heavy atom. The quantitative estimate of drug-likeness (QED) is 0.448. The molecule has 0 aliphatic rings. The zero-order chi connectivity index (χ0) is 12.7. The number of hydrogen-bond acceptors (Lipinski definition) is 6. The lowest BCUT2D eigenvalue weighted by Gasteiger charge is -2.05. The van der Waals surface area contributed by atoms with E-state index in [9.17, 15) is 0 Å². The Balaban J connectivity index is 2.94. The first-order valence-electron chi connectivity index (χ1n) is 4.31. The number of halogens is 2. The number of nitrogens with zero attached hydrogens (tertiary/aromatic N) is 3. The summed E-state index contributed by atoms with van der Waals surface area (Å²) in [6.45, 7) is 0. The minimum absolute atomic E-state index is 0.0750. The molecule has 3 N–H and O–H groups in total. The normalized spacial score (nSPS) is 10.9. The van der Waals surface area contributed by atoms with E-state index in [0.29, 0.717) is 15.7 Å². The summed E-state index contributed by atoms with van der Waals surface area (Å²) in [7, 11) is 0. The Bertz CT molecular complexity index is 440. The van der Waals surface area contributed by atoms with Crippen LogP contribution in [0.15, 0.2) is 33.6 Å². The van der Waals surface area contributed by atoms with Gasteiger partial charge in [0, 0.05) is 0 Å². The molecular formula is C9H8Cl2N4O2. The van der Waals surface area contributed by atoms with Gasteiger partial charge in [-0.2, -0.15) is 5.10 Å². The van der Waals surface area contributed by atoms with E-state index < -0.39 is 0 Å². The average Bonchev–Trinajstić information content (AvgIpc) is 2.29. The van der Waals surface area contributed by atoms with E-state index in [1.165, 1.54) is 0 Å². The summed E-state index contributed by atoms with van der Waals surface area (Å²) in [5, 5.41) is 26.7. The Morgan fingerprint density at radius 1 is 1.12 bits per heavy atom. The van der Waals surface area contributed by atoms with E-state index in [1.54, 1.807) is 18.2 Å². The van der Waals surface area contributed by atoms with Crippen LogP contribution in [0.25, 0.3) is 0 Å². The largest absolute Gasteiger partial charge is 0.411 e. The first kappa shape index (κ1) is 13.3. The molecule has 0 aliphatic heterocycles. The van der Waals surface area contributed by atoms with Gasteiger partial charge < -0.3 is 10.4 Å². The molecule has 17 heavy (non-hydrogen) atoms. The molecule has 1 aromatic carbocycles. The van der Waals surface area contributed by atoms with Gasteiger partial charge in [-0.15, -0.1) is 0 Å². The van der Waals surface area contributed by atoms with Gasteiger partial charge in [0.15, 0.2) is 0 Å². The number of oxime groups is 2. The monoisotopic (exact) mass is 274 g/mol. The van der Waals surface area contributed by atoms with Crippen LogP contribution in [0.5, 0.6) is 0 Å². The highest BCUT2D eigenvalue weighted by atomic mass is 35.5. The minimum Gasteiger partial charge on any atom is -0.411 e. The van der Waals surface area contributed by atoms with Crippen molar-refractivity contribution in [3.8, 4) is 0 Å². The maximum Gasteiger partial charge on any atom is 0.127 e. The second-order valence-corrected chi connectivity index (χ2v) is 3.55. The lowest BCUT2D eigenvalue weighted by molar-refractivity contribution is 0.321. The molecule has 0 saturated carbocycles. The highest BCUT2D eigenvalue weighted by Crippen LogP contribution is 2.29. The van der Waals surface area contributed by atoms with Crippen molar-refractivity contribution < 1.29 is 10.4 Å². The summed E-state index contributed by atoms with van der Waals surface area (Å²) in [5.41, 5.74) is 3.04. The number of hydrogen-bond donors (Lipinski definition) is 3. The molecule has 0 atom stereocenters. The molecule has 0 bridgehead atoms. The third-order valence-electron chi connectivity index (χ3n) is 1.64. The van der Waals surface area contributed by atoms with Gasteiger partial charge in [-0.3, -0.25) is 5.43 Å². The highest BCUT2D eigenvalue weighted by Gasteiger charge is 2.03. The first-order chi connectivity index (χ1) is 8.19. The highest BCUT2D eigenvalue weighted by molar-refractivity contribution is 6.55. The van der Waals surface area contributed by atoms with Gasteiger partial charge in [0.05, 0.1) is 28.2 Å². The topological polar surface area (TPSA) is 89.6 Å². The SMILES string of the molecule is O/N=C/C(/C=N/O)=NNc1c(Cl)cccc1Cl. The number of benzene rings is 1. The van der Waals surface area contributed by atoms with Crippen LogP contribution in [0.2, 0.25) is 10.0 Å². The van der Waals surface area contributed by atoms with Crippen LogP contribution in [0.4, 0.5) is 5.69 Å². The fraction of sp³-hybridized carbons (Fsp3) is 0. The number of rotatable bonds is 4. The molecule has 0 unspecified atom stereocenters. The van der Waals surface area contributed by atoms with Gasteiger partial charge in [-0.25, -0.2) is 0 Å². The van der Waals surface area contributed by atoms with Crippen molar-refractivity contribution in [3.05, 3.63) is 28.2 Å². The Morgan fingerprint density at radius 3 is 2.12 bits per heavy atom. The summed E-state index contributed by atoms with van der Waals surface area (Å²) in [6, 6.07) is 4.95. The zero-order valence-electron chi connectivity index (χ0n) is 8.38. The Labute approximate surface area is 107 Å². The predicted molar refractivity (Wildman–Crippen MR) is 68.1 cm³/mol. The van der Waals surface area contributed by atoms with Crippen LogP contribution >= 0.6 is 23.2 Å². The summed E-state index contributed by atoms with van der Waals surface area (Å²) in [4.78, 5) is 0. The molecule has 1 rings (SSSR count). The van der Waals surface area contributed by atoms with Crippen LogP contribution < -0.4 is 5.43 Å². The number of hydrazone groups is 1. The standard InChI is InChI=1S/C9H8Cl2N4O2/c10-7-2-1-3-8(11)9(7)15-14-6(4-12-16)5-13-17/h1-5,15-17H/b12-4+,13-5+. The van der Waals surface area contributed by atoms with Crippen molar-refractivity contribution in [3.63, 3.8) is 0 Å². The fourth-order valence-corrected chi connectivity index (χ4v) is 1.42. The maximum absolute atomic E-state index is 8.34. The molecule has 0 aromatic heterocycles. The molecule has 1 aromatic rings. The van der Waals surface area contributed by atoms with Crippen molar-refractivity contribution >= 4 is 47.0 Å². The van der Waals surface area contributed by atoms with Crippen LogP contribution in [-0.4, -0.2) is 28.6 Å². The molecule has 0 aliphatic carbocycles. The number of anilines is 1. The number of nitrogens with one attached hydrogen (secondary N) is 1. The molecular weight excluding hydrogens is 267 g/mol. The molecule has 8 heteroatoms. The summed E-state index contributed by atoms with van der Waals surface area (Å²) in [6.07, 6.45) is 1.94. The van der Waals surface area contributed by atoms with E-state index in [-0.39, 0.29) is 5.71 Å². The molecule has 0 saturated heterocycles. The third-order valence-corrected chi connectivity index (χ3v) is 2.27. The second-order valence-electron chi connectivity index (χ2n) is 2.73. The van der Waals surface area contributed by atoms with Gasteiger partial charge in [-0.05, 0) is 12.1 Å². The molecule has 0 spiro atoms. The minimum atomic E-state index is 0.0750. The van der Waals surface area contributed by atoms with Gasteiger partial charge in [0.1, 0.15) is 5.71 Å². The van der Waals surface area contributed by atoms with Crippen molar-refractivity contribution in [2.45, 2.75) is 0 Å². The lowest BCUT2D eigenvalue weighted by Crippen LogP contribution is -2.06. The Hall–Kier alpha value is -1.79. The fourth-order valence-electron chi connectivity index (χ4n) is 0.934. The van der Waals surface area contributed by atoms with Crippen molar-refractivity contribution in [2.75, 3.05) is 5.43 Å². The van der Waals surface area contributed by atoms with Gasteiger partial charge in [0.25, 0.3) is 0 Å². The predicted octanol–water partition coefficient (Wildman–Crippen LogP) is 2.68. The van der Waals surface area contributed by atoms with Crippen LogP contribution in [0.3, 0.4) is 0 Å². The molecule has 6 nitrogen and oxygen atoms in total. The van der Waals surface area contributed by atoms with E-state index in [4.69, 9.17) is 33.6 Å². The summed E-state index contributed by atoms with van der Waals surface area (Å²) < 4.78 is 0. The van der Waals surface area contributed by atoms with Crippen LogP contribution in [-0.2, 0) is 0 Å². The maximum atomic E-state index is 8.34. The zero-order valence-corrected chi connectivity index (χ0v) is 9.89. The lowest BCUT2D eigenvalue weighted by atomic mass is 10.3. The van der Waals surface area contributed by atoms with Crippen molar-refractivity contribution in [1.29, 1.82) is 0 Å². The molecule has 0 fully saturated rings. The van der Waals surface area contributed by atoms with E-state index in [1.807, 2.05) is 0 Å². The van der Waals surface area contributed by atoms with Gasteiger partial charge in [0.2, 0.25) is 0 Å². The van der Waals surface area contributed by atoms with E-state index >= 15 is 0 Å². The first-order valence-corrected chi connectivity index (χ1v) is 5.07. The van der Waals surface area contributed by atoms with Crippen molar-refractivity contribution in [1.82, 2.24) is 0 Å². The number of para-hydroxylation sites is 1. The molecule has 0 amide bonds. The second kappa shape index (κ2) is 6.72.